The Balaban J connectivity index is 0.000000407. The van der Waals surface area contributed by atoms with Crippen molar-refractivity contribution in [2.45, 2.75) is 36.7 Å². The molecule has 8 nitrogen and oxygen atoms in total. The van der Waals surface area contributed by atoms with Gasteiger partial charge in [-0.2, -0.15) is 0 Å². The quantitative estimate of drug-likeness (QED) is 0.263. The van der Waals surface area contributed by atoms with Crippen LogP contribution < -0.4 is 0 Å². The zero-order chi connectivity index (χ0) is 25.8. The van der Waals surface area contributed by atoms with Crippen molar-refractivity contribution in [2.75, 3.05) is 25.4 Å². The van der Waals surface area contributed by atoms with Crippen molar-refractivity contribution in [3.05, 3.63) is 60.2 Å². The molecule has 0 spiro atoms. The minimum absolute atomic E-state index is 0.00778. The zero-order valence-corrected chi connectivity index (χ0v) is 24.2. The number of rotatable bonds is 6. The first-order valence-corrected chi connectivity index (χ1v) is 19.0. The van der Waals surface area contributed by atoms with E-state index < -0.39 is 27.9 Å². The number of carbonyl (C=O) groups is 2. The van der Waals surface area contributed by atoms with Crippen LogP contribution >= 0.6 is 37.2 Å². The molecule has 2 aromatic rings. The van der Waals surface area contributed by atoms with E-state index in [2.05, 4.69) is 54.1 Å². The normalized spacial score (nSPS) is 20.2. The molecule has 2 N–H and O–H groups in total. The number of aliphatic hydroxyl groups is 1. The van der Waals surface area contributed by atoms with Crippen molar-refractivity contribution in [1.29, 1.82) is 0 Å². The third-order valence-corrected chi connectivity index (χ3v) is 7.49. The number of esters is 2. The summed E-state index contributed by atoms with van der Waals surface area (Å²) in [5, 5.41) is 19.7. The molecule has 2 saturated heterocycles. The number of β-amino-alcohol motifs (C(OH)–C–C–N with tert-alkyl or cyclic N) is 1. The standard InChI is InChI=1S/C20H25NO4S.C4H4O3.I2/c22-18-6-8-19(9-7-18)26(24,25)13-12-21-11-10-17(20(23)15-21)14-16-4-2-1-3-5-16;5-3-1-2-4(6)7-3;1-2/h1-9,17,20,22-23H,10-15H2;1-2H2;/t17-,20-;;/m1../s1. The van der Waals surface area contributed by atoms with E-state index in [1.807, 2.05) is 23.1 Å². The van der Waals surface area contributed by atoms with Gasteiger partial charge in [-0.05, 0) is 55.1 Å². The third-order valence-electron chi connectivity index (χ3n) is 5.78. The molecule has 2 aliphatic rings. The highest BCUT2D eigenvalue weighted by atomic mass is 128. The minimum Gasteiger partial charge on any atom is -0.508 e. The molecular weight excluding hydrogens is 700 g/mol. The molecule has 0 aromatic heterocycles. The van der Waals surface area contributed by atoms with Crippen molar-refractivity contribution < 1.29 is 33.0 Å². The lowest BCUT2D eigenvalue weighted by molar-refractivity contribution is -0.151. The van der Waals surface area contributed by atoms with Crippen LogP contribution in [0.4, 0.5) is 0 Å². The number of halogens is 2. The molecule has 0 saturated carbocycles. The summed E-state index contributed by atoms with van der Waals surface area (Å²) in [6.07, 6.45) is 1.79. The Morgan fingerprint density at radius 1 is 0.971 bits per heavy atom. The largest absolute Gasteiger partial charge is 0.508 e. The van der Waals surface area contributed by atoms with Crippen LogP contribution in [0.3, 0.4) is 0 Å². The predicted octanol–water partition coefficient (Wildman–Crippen LogP) is 3.71. The van der Waals surface area contributed by atoms with Crippen LogP contribution in [0.2, 0.25) is 0 Å². The van der Waals surface area contributed by atoms with Gasteiger partial charge in [-0.15, -0.1) is 0 Å². The molecule has 4 rings (SSSR count). The Bertz CT molecular complexity index is 1040. The summed E-state index contributed by atoms with van der Waals surface area (Å²) >= 11 is 4.24. The lowest BCUT2D eigenvalue weighted by atomic mass is 9.88. The van der Waals surface area contributed by atoms with Crippen LogP contribution in [0.15, 0.2) is 59.5 Å². The van der Waals surface area contributed by atoms with E-state index in [0.717, 1.165) is 19.4 Å². The molecule has 0 radical (unpaired) electrons. The number of benzene rings is 2. The summed E-state index contributed by atoms with van der Waals surface area (Å²) in [6, 6.07) is 15.7. The van der Waals surface area contributed by atoms with Crippen molar-refractivity contribution in [2.24, 2.45) is 5.92 Å². The van der Waals surface area contributed by atoms with Crippen molar-refractivity contribution in [3.8, 4) is 5.75 Å². The summed E-state index contributed by atoms with van der Waals surface area (Å²) in [6.45, 7) is 1.70. The number of likely N-dealkylation sites (tertiary alicyclic amines) is 1. The fraction of sp³-hybridized carbons (Fsp3) is 0.417. The highest BCUT2D eigenvalue weighted by Gasteiger charge is 2.28. The van der Waals surface area contributed by atoms with E-state index in [-0.39, 0.29) is 35.2 Å². The number of ether oxygens (including phenoxy) is 1. The van der Waals surface area contributed by atoms with Crippen LogP contribution in [0.25, 0.3) is 0 Å². The van der Waals surface area contributed by atoms with Gasteiger partial charge >= 0.3 is 11.9 Å². The highest BCUT2D eigenvalue weighted by Crippen LogP contribution is 2.23. The van der Waals surface area contributed by atoms with Gasteiger partial charge in [0.15, 0.2) is 9.84 Å². The summed E-state index contributed by atoms with van der Waals surface area (Å²) < 4.78 is 28.9. The number of phenolic OH excluding ortho intramolecular Hbond substituents is 1. The van der Waals surface area contributed by atoms with Gasteiger partial charge in [-0.3, -0.25) is 14.5 Å². The number of phenols is 1. The van der Waals surface area contributed by atoms with Gasteiger partial charge < -0.3 is 14.9 Å². The maximum Gasteiger partial charge on any atom is 0.314 e. The second kappa shape index (κ2) is 15.1. The minimum atomic E-state index is -3.39. The lowest BCUT2D eigenvalue weighted by Gasteiger charge is -2.36. The number of hydrogen-bond acceptors (Lipinski definition) is 8. The summed E-state index contributed by atoms with van der Waals surface area (Å²) in [4.78, 5) is 22.3. The van der Waals surface area contributed by atoms with Crippen molar-refractivity contribution in [1.82, 2.24) is 4.90 Å². The number of piperidine rings is 1. The molecule has 192 valence electrons. The molecule has 2 aromatic carbocycles. The van der Waals surface area contributed by atoms with E-state index in [9.17, 15) is 28.2 Å². The van der Waals surface area contributed by atoms with Gasteiger partial charge in [-0.1, -0.05) is 30.3 Å². The molecule has 2 atom stereocenters. The second-order valence-corrected chi connectivity index (χ2v) is 10.4. The number of nitrogens with zero attached hydrogens (tertiary/aromatic N) is 1. The summed E-state index contributed by atoms with van der Waals surface area (Å²) in [7, 11) is -3.39. The number of aliphatic hydroxyl groups excluding tert-OH is 1. The van der Waals surface area contributed by atoms with E-state index in [1.54, 1.807) is 0 Å². The third kappa shape index (κ3) is 10.3. The van der Waals surface area contributed by atoms with Gasteiger partial charge in [0.1, 0.15) is 5.75 Å². The monoisotopic (exact) mass is 729 g/mol. The van der Waals surface area contributed by atoms with Gasteiger partial charge in [0, 0.05) is 50.3 Å². The Labute approximate surface area is 229 Å². The van der Waals surface area contributed by atoms with Crippen molar-refractivity contribution in [3.63, 3.8) is 0 Å². The Kier molecular flexibility index (Phi) is 12.9. The molecule has 0 amide bonds. The highest BCUT2D eigenvalue weighted by molar-refractivity contribution is 15.0. The molecular formula is C24H29I2NO7S. The second-order valence-electron chi connectivity index (χ2n) is 8.27. The molecule has 0 bridgehead atoms. The molecule has 35 heavy (non-hydrogen) atoms. The van der Waals surface area contributed by atoms with E-state index in [0.29, 0.717) is 13.1 Å². The smallest absolute Gasteiger partial charge is 0.314 e. The summed E-state index contributed by atoms with van der Waals surface area (Å²) in [5.74, 6) is -0.529. The Hall–Kier alpha value is -1.29. The van der Waals surface area contributed by atoms with Gasteiger partial charge in [0.05, 0.1) is 29.6 Å². The Morgan fingerprint density at radius 3 is 2.09 bits per heavy atom. The lowest BCUT2D eigenvalue weighted by Crippen LogP contribution is -2.46. The average Bonchev–Trinajstić information content (AvgIpc) is 3.24. The van der Waals surface area contributed by atoms with Crippen molar-refractivity contribution >= 4 is 59.0 Å². The fourth-order valence-electron chi connectivity index (χ4n) is 3.86. The fourth-order valence-corrected chi connectivity index (χ4v) is 5.14. The zero-order valence-electron chi connectivity index (χ0n) is 19.1. The van der Waals surface area contributed by atoms with E-state index in [1.165, 1.54) is 29.8 Å². The van der Waals surface area contributed by atoms with Crippen LogP contribution in [-0.2, 0) is 30.6 Å². The maximum atomic E-state index is 12.4. The van der Waals surface area contributed by atoms with Gasteiger partial charge in [0.2, 0.25) is 0 Å². The molecule has 2 aliphatic heterocycles. The topological polar surface area (TPSA) is 121 Å². The summed E-state index contributed by atoms with van der Waals surface area (Å²) in [5.41, 5.74) is 1.22. The first kappa shape index (κ1) is 29.9. The van der Waals surface area contributed by atoms with Crippen LogP contribution in [-0.4, -0.2) is 67.0 Å². The molecule has 0 unspecified atom stereocenters. The SMILES string of the molecule is II.O=C1CCC(=O)O1.O=S(=O)(CCN1CC[C@H](Cc2ccccc2)[C@H](O)C1)c1ccc(O)cc1. The number of aromatic hydroxyl groups is 1. The first-order chi connectivity index (χ1) is 16.7. The Morgan fingerprint density at radius 2 is 1.57 bits per heavy atom. The molecule has 2 heterocycles. The first-order valence-electron chi connectivity index (χ1n) is 11.1. The maximum absolute atomic E-state index is 12.4. The molecule has 2 fully saturated rings. The number of cyclic esters (lactones) is 2. The van der Waals surface area contributed by atoms with Crippen LogP contribution in [0.5, 0.6) is 5.75 Å². The number of sulfone groups is 1. The van der Waals surface area contributed by atoms with Gasteiger partial charge in [-0.25, -0.2) is 8.42 Å². The molecule has 11 heteroatoms. The predicted molar refractivity (Wildman–Crippen MR) is 149 cm³/mol. The average molecular weight is 729 g/mol. The number of hydrogen-bond donors (Lipinski definition) is 2. The number of carbonyl (C=O) groups excluding carboxylic acids is 2. The van der Waals surface area contributed by atoms with E-state index in [4.69, 9.17) is 0 Å². The van der Waals surface area contributed by atoms with E-state index >= 15 is 0 Å². The molecule has 0 aliphatic carbocycles. The van der Waals surface area contributed by atoms with Crippen LogP contribution in [0.1, 0.15) is 24.8 Å². The van der Waals surface area contributed by atoms with Crippen LogP contribution in [0, 0.1) is 5.92 Å². The van der Waals surface area contributed by atoms with Gasteiger partial charge in [0.25, 0.3) is 0 Å².